The molecule has 1 heterocycles. The molecule has 0 aliphatic carbocycles. The van der Waals surface area contributed by atoms with Gasteiger partial charge in [0.05, 0.1) is 18.4 Å². The predicted molar refractivity (Wildman–Crippen MR) is 138 cm³/mol. The summed E-state index contributed by atoms with van der Waals surface area (Å²) in [4.78, 5) is 43.7. The summed E-state index contributed by atoms with van der Waals surface area (Å²) in [6, 6.07) is 21.8. The smallest absolute Gasteiger partial charge is 0.337 e. The van der Waals surface area contributed by atoms with Crippen LogP contribution in [-0.4, -0.2) is 46.8 Å². The highest BCUT2D eigenvalue weighted by molar-refractivity contribution is 8.15. The van der Waals surface area contributed by atoms with E-state index in [0.29, 0.717) is 35.1 Å². The molecule has 1 atom stereocenters. The van der Waals surface area contributed by atoms with E-state index in [1.807, 2.05) is 30.3 Å². The van der Waals surface area contributed by atoms with Crippen molar-refractivity contribution in [3.63, 3.8) is 0 Å². The minimum absolute atomic E-state index is 0.0491. The molecule has 9 heteroatoms. The topological polar surface area (TPSA) is 88.1 Å². The summed E-state index contributed by atoms with van der Waals surface area (Å²) < 4.78 is 18.0. The molecular weight excluding hydrogens is 481 g/mol. The van der Waals surface area contributed by atoms with Gasteiger partial charge in [-0.2, -0.15) is 0 Å². The van der Waals surface area contributed by atoms with Crippen molar-refractivity contribution in [1.29, 1.82) is 0 Å². The number of halogens is 1. The molecule has 1 aliphatic rings. The number of anilines is 1. The number of nitrogens with zero attached hydrogens (tertiary/aromatic N) is 2. The van der Waals surface area contributed by atoms with E-state index in [2.05, 4.69) is 15.0 Å². The van der Waals surface area contributed by atoms with Crippen LogP contribution in [0.2, 0.25) is 0 Å². The lowest BCUT2D eigenvalue weighted by atomic mass is 10.1. The highest BCUT2D eigenvalue weighted by Crippen LogP contribution is 2.32. The third-order valence-electron chi connectivity index (χ3n) is 5.50. The van der Waals surface area contributed by atoms with Gasteiger partial charge < -0.3 is 10.1 Å². The van der Waals surface area contributed by atoms with Gasteiger partial charge in [0, 0.05) is 18.7 Å². The molecule has 1 saturated heterocycles. The third-order valence-corrected chi connectivity index (χ3v) is 6.67. The highest BCUT2D eigenvalue weighted by Gasteiger charge is 2.39. The summed E-state index contributed by atoms with van der Waals surface area (Å²) >= 11 is 1.22. The zero-order valence-corrected chi connectivity index (χ0v) is 20.3. The van der Waals surface area contributed by atoms with Gasteiger partial charge in [-0.15, -0.1) is 0 Å². The predicted octanol–water partition coefficient (Wildman–Crippen LogP) is 4.82. The number of hydrogen-bond acceptors (Lipinski definition) is 6. The summed E-state index contributed by atoms with van der Waals surface area (Å²) in [5.41, 5.74) is 2.47. The lowest BCUT2D eigenvalue weighted by molar-refractivity contribution is -0.128. The van der Waals surface area contributed by atoms with Gasteiger partial charge in [0.2, 0.25) is 11.8 Å². The number of carbonyl (C=O) groups is 3. The Morgan fingerprint density at radius 3 is 2.39 bits per heavy atom. The molecule has 0 aromatic heterocycles. The van der Waals surface area contributed by atoms with Crippen molar-refractivity contribution in [1.82, 2.24) is 4.90 Å². The number of nitrogens with one attached hydrogen (secondary N) is 1. The van der Waals surface area contributed by atoms with Gasteiger partial charge in [0.1, 0.15) is 11.1 Å². The minimum atomic E-state index is -0.644. The maximum Gasteiger partial charge on any atom is 0.337 e. The second kappa shape index (κ2) is 11.6. The Bertz CT molecular complexity index is 1260. The zero-order chi connectivity index (χ0) is 25.5. The Hall–Kier alpha value is -3.98. The summed E-state index contributed by atoms with van der Waals surface area (Å²) in [6.45, 7) is 0.406. The molecule has 7 nitrogen and oxygen atoms in total. The van der Waals surface area contributed by atoms with Crippen LogP contribution < -0.4 is 5.32 Å². The lowest BCUT2D eigenvalue weighted by Gasteiger charge is -2.16. The first kappa shape index (κ1) is 25.1. The van der Waals surface area contributed by atoms with Gasteiger partial charge in [0.25, 0.3) is 0 Å². The fourth-order valence-electron chi connectivity index (χ4n) is 3.63. The molecule has 0 bridgehead atoms. The highest BCUT2D eigenvalue weighted by atomic mass is 32.2. The van der Waals surface area contributed by atoms with Crippen LogP contribution in [0, 0.1) is 5.82 Å². The number of thioether (sulfide) groups is 1. The molecule has 2 amide bonds. The molecular formula is C27H24FN3O4S. The number of amides is 2. The van der Waals surface area contributed by atoms with Crippen molar-refractivity contribution >= 4 is 46.1 Å². The van der Waals surface area contributed by atoms with Gasteiger partial charge in [-0.1, -0.05) is 42.1 Å². The number of esters is 1. The van der Waals surface area contributed by atoms with E-state index in [0.717, 1.165) is 5.56 Å². The Labute approximate surface area is 212 Å². The van der Waals surface area contributed by atoms with Crippen LogP contribution in [0.25, 0.3) is 0 Å². The van der Waals surface area contributed by atoms with E-state index in [4.69, 9.17) is 0 Å². The van der Waals surface area contributed by atoms with Crippen LogP contribution in [-0.2, 0) is 20.7 Å². The van der Waals surface area contributed by atoms with Gasteiger partial charge in [-0.3, -0.25) is 14.5 Å². The van der Waals surface area contributed by atoms with E-state index in [1.165, 1.54) is 31.0 Å². The fourth-order valence-corrected chi connectivity index (χ4v) is 4.81. The average Bonchev–Trinajstić information content (AvgIpc) is 3.17. The van der Waals surface area contributed by atoms with Crippen molar-refractivity contribution in [3.8, 4) is 0 Å². The second-order valence-corrected chi connectivity index (χ2v) is 9.19. The first-order valence-electron chi connectivity index (χ1n) is 11.3. The van der Waals surface area contributed by atoms with Crippen LogP contribution >= 0.6 is 11.8 Å². The molecule has 0 spiro atoms. The van der Waals surface area contributed by atoms with Crippen molar-refractivity contribution in [3.05, 3.63) is 95.8 Å². The van der Waals surface area contributed by atoms with Crippen molar-refractivity contribution in [2.75, 3.05) is 19.0 Å². The van der Waals surface area contributed by atoms with E-state index < -0.39 is 11.2 Å². The summed E-state index contributed by atoms with van der Waals surface area (Å²) in [5, 5.41) is 2.59. The van der Waals surface area contributed by atoms with Gasteiger partial charge >= 0.3 is 5.97 Å². The first-order chi connectivity index (χ1) is 17.4. The monoisotopic (exact) mass is 505 g/mol. The minimum Gasteiger partial charge on any atom is -0.465 e. The van der Waals surface area contributed by atoms with Gasteiger partial charge in [0.15, 0.2) is 5.17 Å². The Morgan fingerprint density at radius 1 is 1.03 bits per heavy atom. The van der Waals surface area contributed by atoms with Crippen molar-refractivity contribution in [2.45, 2.75) is 18.1 Å². The van der Waals surface area contributed by atoms with Crippen LogP contribution in [0.5, 0.6) is 0 Å². The number of carbonyl (C=O) groups excluding carboxylic acids is 3. The normalized spacial score (nSPS) is 16.3. The molecule has 36 heavy (non-hydrogen) atoms. The number of hydrogen-bond donors (Lipinski definition) is 1. The molecule has 184 valence electrons. The number of amidine groups is 1. The maximum absolute atomic E-state index is 13.3. The van der Waals surface area contributed by atoms with Crippen LogP contribution in [0.15, 0.2) is 83.9 Å². The molecule has 1 N–H and O–H groups in total. The quantitative estimate of drug-likeness (QED) is 0.444. The summed E-state index contributed by atoms with van der Waals surface area (Å²) in [5.74, 6) is -1.38. The van der Waals surface area contributed by atoms with Gasteiger partial charge in [-0.05, 0) is 60.5 Å². The zero-order valence-electron chi connectivity index (χ0n) is 19.5. The molecule has 1 fully saturated rings. The van der Waals surface area contributed by atoms with E-state index in [-0.39, 0.29) is 24.1 Å². The number of methoxy groups -OCH3 is 1. The molecule has 3 aromatic rings. The molecule has 0 saturated carbocycles. The Kier molecular flexibility index (Phi) is 8.12. The first-order valence-corrected chi connectivity index (χ1v) is 12.2. The standard InChI is InChI=1S/C27H24FN3O4S/c1-35-26(34)19-7-11-21(12-8-19)29-24(32)17-23-25(33)31(16-15-18-5-3-2-4-6-18)27(36-23)30-22-13-9-20(28)10-14-22/h2-14,23H,15-17H2,1H3,(H,29,32). The molecule has 1 aliphatic heterocycles. The second-order valence-electron chi connectivity index (χ2n) is 8.02. The molecule has 0 radical (unpaired) electrons. The molecule has 1 unspecified atom stereocenters. The largest absolute Gasteiger partial charge is 0.465 e. The van der Waals surface area contributed by atoms with Crippen molar-refractivity contribution in [2.24, 2.45) is 4.99 Å². The molecule has 3 aromatic carbocycles. The maximum atomic E-state index is 13.3. The Morgan fingerprint density at radius 2 is 1.72 bits per heavy atom. The molecule has 4 rings (SSSR count). The summed E-state index contributed by atoms with van der Waals surface area (Å²) in [6.07, 6.45) is 0.577. The Balaban J connectivity index is 1.46. The number of aliphatic imine (C=N–C) groups is 1. The van der Waals surface area contributed by atoms with Crippen molar-refractivity contribution < 1.29 is 23.5 Å². The van der Waals surface area contributed by atoms with Crippen LogP contribution in [0.3, 0.4) is 0 Å². The van der Waals surface area contributed by atoms with Crippen LogP contribution in [0.4, 0.5) is 15.8 Å². The van der Waals surface area contributed by atoms with E-state index in [9.17, 15) is 18.8 Å². The fraction of sp³-hybridized carbons (Fsp3) is 0.185. The SMILES string of the molecule is COC(=O)c1ccc(NC(=O)CC2SC(=Nc3ccc(F)cc3)N(CCc3ccccc3)C2=O)cc1. The van der Waals surface area contributed by atoms with E-state index >= 15 is 0 Å². The van der Waals surface area contributed by atoms with Gasteiger partial charge in [-0.25, -0.2) is 14.2 Å². The number of rotatable bonds is 8. The van der Waals surface area contributed by atoms with Crippen LogP contribution in [0.1, 0.15) is 22.3 Å². The average molecular weight is 506 g/mol. The van der Waals surface area contributed by atoms with E-state index in [1.54, 1.807) is 41.3 Å². The number of benzene rings is 3. The third kappa shape index (κ3) is 6.37. The lowest BCUT2D eigenvalue weighted by Crippen LogP contribution is -2.35. The summed E-state index contributed by atoms with van der Waals surface area (Å²) in [7, 11) is 1.30. The number of ether oxygens (including phenoxy) is 1.